The first-order valence-corrected chi connectivity index (χ1v) is 16.5. The van der Waals surface area contributed by atoms with E-state index in [0.717, 1.165) is 0 Å². The van der Waals surface area contributed by atoms with Crippen LogP contribution in [0.25, 0.3) is 0 Å². The molecule has 2 bridgehead atoms. The second-order valence-electron chi connectivity index (χ2n) is 11.6. The predicted octanol–water partition coefficient (Wildman–Crippen LogP) is 3.97. The zero-order valence-corrected chi connectivity index (χ0v) is 27.6. The average molecular weight is 715 g/mol. The fourth-order valence-corrected chi connectivity index (χ4v) is 8.10. The molecule has 3 heterocycles. The summed E-state index contributed by atoms with van der Waals surface area (Å²) >= 11 is 10.2. The van der Waals surface area contributed by atoms with Crippen molar-refractivity contribution in [1.82, 2.24) is 10.2 Å². The van der Waals surface area contributed by atoms with Crippen molar-refractivity contribution < 1.29 is 33.8 Å². The van der Waals surface area contributed by atoms with Crippen LogP contribution in [0.1, 0.15) is 30.9 Å². The minimum Gasteiger partial charge on any atom is -0.455 e. The second-order valence-corrected chi connectivity index (χ2v) is 13.2. The Morgan fingerprint density at radius 1 is 1.17 bits per heavy atom. The van der Waals surface area contributed by atoms with E-state index in [1.807, 2.05) is 6.07 Å². The van der Waals surface area contributed by atoms with E-state index in [2.05, 4.69) is 34.4 Å². The van der Waals surface area contributed by atoms with Gasteiger partial charge in [-0.1, -0.05) is 82.1 Å². The zero-order valence-electron chi connectivity index (χ0n) is 25.2. The van der Waals surface area contributed by atoms with Crippen LogP contribution in [0, 0.1) is 11.8 Å². The number of para-hydroxylation sites is 1. The molecule has 12 heteroatoms. The first-order valence-electron chi connectivity index (χ1n) is 15.2. The number of amides is 3. The summed E-state index contributed by atoms with van der Waals surface area (Å²) in [5, 5.41) is 13.1. The number of alkyl halides is 1. The van der Waals surface area contributed by atoms with Crippen molar-refractivity contribution in [3.05, 3.63) is 90.5 Å². The van der Waals surface area contributed by atoms with E-state index in [1.165, 1.54) is 9.80 Å². The van der Waals surface area contributed by atoms with Crippen LogP contribution in [0.2, 0.25) is 5.02 Å². The molecule has 7 atom stereocenters. The highest BCUT2D eigenvalue weighted by molar-refractivity contribution is 9.09. The third-order valence-electron chi connectivity index (χ3n) is 8.85. The Morgan fingerprint density at radius 3 is 2.57 bits per heavy atom. The number of nitrogens with one attached hydrogen (secondary N) is 1. The van der Waals surface area contributed by atoms with Gasteiger partial charge in [0.05, 0.1) is 41.8 Å². The Bertz CT molecular complexity index is 1490. The number of β-amino-alcohol motifs (C(OH)–C–C–N with tert-alkyl or cyclic N) is 1. The van der Waals surface area contributed by atoms with E-state index in [0.29, 0.717) is 22.7 Å². The van der Waals surface area contributed by atoms with Gasteiger partial charge in [-0.3, -0.25) is 19.2 Å². The number of carbonyl (C=O) groups excluding carboxylic acids is 4. The standard InChI is InChI=1S/C34H37BrClN3O7/c1-3-5-15-26(41)37-20-25(21-11-7-6-8-12-21)45-33(44)27-28-31(42)39(17-18-40)30(34(28)19-22(35)29(27)46-34)32(43)38(16-4-2)24-14-10-9-13-23(24)36/h3-4,6-14,22,25,27-30,40H,1-2,5,15-20H2,(H,37,41)/t22?,25-,27-,28+,29-,30-,34+/m1/s1. The molecule has 0 aliphatic carbocycles. The largest absolute Gasteiger partial charge is 0.455 e. The lowest BCUT2D eigenvalue weighted by Crippen LogP contribution is -2.57. The molecule has 2 N–H and O–H groups in total. The number of carbonyl (C=O) groups is 4. The van der Waals surface area contributed by atoms with Crippen molar-refractivity contribution in [2.24, 2.45) is 11.8 Å². The molecular formula is C34H37BrClN3O7. The Labute approximate surface area is 281 Å². The van der Waals surface area contributed by atoms with Crippen LogP contribution in [0.15, 0.2) is 79.9 Å². The fraction of sp³-hybridized carbons (Fsp3) is 0.412. The number of halogens is 2. The van der Waals surface area contributed by atoms with Crippen LogP contribution in [0.4, 0.5) is 5.69 Å². The molecule has 3 aliphatic heterocycles. The van der Waals surface area contributed by atoms with Crippen LogP contribution in [0.3, 0.4) is 0 Å². The van der Waals surface area contributed by atoms with Gasteiger partial charge < -0.3 is 29.7 Å². The zero-order chi connectivity index (χ0) is 33.0. The van der Waals surface area contributed by atoms with E-state index >= 15 is 0 Å². The number of nitrogens with zero attached hydrogens (tertiary/aromatic N) is 2. The Kier molecular flexibility index (Phi) is 10.7. The van der Waals surface area contributed by atoms with E-state index < -0.39 is 60.1 Å². The Hall–Kier alpha value is -3.51. The number of esters is 1. The van der Waals surface area contributed by atoms with Crippen LogP contribution in [0.5, 0.6) is 0 Å². The van der Waals surface area contributed by atoms with E-state index in [1.54, 1.807) is 60.7 Å². The monoisotopic (exact) mass is 713 g/mol. The minimum atomic E-state index is -1.37. The van der Waals surface area contributed by atoms with Crippen molar-refractivity contribution in [1.29, 1.82) is 0 Å². The van der Waals surface area contributed by atoms with Crippen molar-refractivity contribution in [3.8, 4) is 0 Å². The molecular weight excluding hydrogens is 678 g/mol. The second kappa shape index (κ2) is 14.5. The molecule has 244 valence electrons. The molecule has 2 aromatic rings. The summed E-state index contributed by atoms with van der Waals surface area (Å²) in [6.07, 6.45) is 2.65. The number of fused-ring (bicyclic) bond motifs is 1. The SMILES string of the molecule is C=CCCC(=O)NC[C@@H](OC(=O)[C@H]1[C@@H]2O[C@@]3(CC2Br)[C@@H]1C(=O)N(CCO)[C@@H]3C(=O)N(CC=C)c1ccccc1Cl)c1ccccc1. The fourth-order valence-electron chi connectivity index (χ4n) is 6.92. The summed E-state index contributed by atoms with van der Waals surface area (Å²) in [5.41, 5.74) is -0.264. The van der Waals surface area contributed by atoms with Gasteiger partial charge in [-0.2, -0.15) is 0 Å². The van der Waals surface area contributed by atoms with Crippen molar-refractivity contribution in [2.75, 3.05) is 31.1 Å². The maximum Gasteiger partial charge on any atom is 0.313 e. The molecule has 1 unspecified atom stereocenters. The number of hydrogen-bond donors (Lipinski definition) is 2. The van der Waals surface area contributed by atoms with Gasteiger partial charge in [0, 0.05) is 24.3 Å². The Balaban J connectivity index is 1.47. The molecule has 0 aromatic heterocycles. The molecule has 3 amide bonds. The molecule has 3 saturated heterocycles. The van der Waals surface area contributed by atoms with Crippen LogP contribution in [-0.4, -0.2) is 82.5 Å². The van der Waals surface area contributed by atoms with Crippen molar-refractivity contribution in [3.63, 3.8) is 0 Å². The number of rotatable bonds is 14. The van der Waals surface area contributed by atoms with Crippen molar-refractivity contribution in [2.45, 2.75) is 47.9 Å². The maximum atomic E-state index is 14.5. The number of hydrogen-bond acceptors (Lipinski definition) is 7. The summed E-state index contributed by atoms with van der Waals surface area (Å²) in [4.78, 5) is 57.6. The number of allylic oxidation sites excluding steroid dienone is 1. The molecule has 10 nitrogen and oxygen atoms in total. The van der Waals surface area contributed by atoms with Gasteiger partial charge in [-0.25, -0.2) is 0 Å². The van der Waals surface area contributed by atoms with Gasteiger partial charge in [0.2, 0.25) is 11.8 Å². The lowest BCUT2D eigenvalue weighted by molar-refractivity contribution is -0.160. The highest BCUT2D eigenvalue weighted by Gasteiger charge is 2.77. The number of aliphatic hydroxyl groups is 1. The smallest absolute Gasteiger partial charge is 0.313 e. The first kappa shape index (κ1) is 33.8. The lowest BCUT2D eigenvalue weighted by Gasteiger charge is -2.37. The Morgan fingerprint density at radius 2 is 1.89 bits per heavy atom. The van der Waals surface area contributed by atoms with Gasteiger partial charge in [0.25, 0.3) is 5.91 Å². The number of anilines is 1. The van der Waals surface area contributed by atoms with E-state index in [9.17, 15) is 24.3 Å². The quantitative estimate of drug-likeness (QED) is 0.173. The molecule has 3 fully saturated rings. The van der Waals surface area contributed by atoms with Gasteiger partial charge in [-0.15, -0.1) is 13.2 Å². The number of likely N-dealkylation sites (tertiary alicyclic amines) is 1. The molecule has 0 saturated carbocycles. The van der Waals surface area contributed by atoms with Crippen molar-refractivity contribution >= 4 is 56.9 Å². The van der Waals surface area contributed by atoms with Gasteiger partial charge in [0.15, 0.2) is 0 Å². The molecule has 3 aliphatic rings. The molecule has 0 radical (unpaired) electrons. The van der Waals surface area contributed by atoms with Gasteiger partial charge in [-0.05, 0) is 30.5 Å². The predicted molar refractivity (Wildman–Crippen MR) is 176 cm³/mol. The molecule has 5 rings (SSSR count). The topological polar surface area (TPSA) is 125 Å². The summed E-state index contributed by atoms with van der Waals surface area (Å²) < 4.78 is 12.6. The van der Waals surface area contributed by atoms with Gasteiger partial charge >= 0.3 is 5.97 Å². The summed E-state index contributed by atoms with van der Waals surface area (Å²) in [6, 6.07) is 14.7. The summed E-state index contributed by atoms with van der Waals surface area (Å²) in [7, 11) is 0. The summed E-state index contributed by atoms with van der Waals surface area (Å²) in [5.74, 6) is -3.89. The normalized spacial score (nSPS) is 26.7. The molecule has 2 aromatic carbocycles. The summed E-state index contributed by atoms with van der Waals surface area (Å²) in [6.45, 7) is 7.04. The van der Waals surface area contributed by atoms with Crippen LogP contribution in [-0.2, 0) is 28.7 Å². The van der Waals surface area contributed by atoms with Crippen LogP contribution >= 0.6 is 27.5 Å². The highest BCUT2D eigenvalue weighted by Crippen LogP contribution is 2.60. The maximum absolute atomic E-state index is 14.5. The highest BCUT2D eigenvalue weighted by atomic mass is 79.9. The number of aliphatic hydroxyl groups excluding tert-OH is 1. The third kappa shape index (κ3) is 6.25. The average Bonchev–Trinajstić information content (AvgIpc) is 3.64. The lowest BCUT2D eigenvalue weighted by atomic mass is 9.70. The number of ether oxygens (including phenoxy) is 2. The van der Waals surface area contributed by atoms with Gasteiger partial charge in [0.1, 0.15) is 17.7 Å². The molecule has 1 spiro atoms. The van der Waals surface area contributed by atoms with E-state index in [4.69, 9.17) is 21.1 Å². The first-order chi connectivity index (χ1) is 22.2. The minimum absolute atomic E-state index is 0.0254. The molecule has 46 heavy (non-hydrogen) atoms. The third-order valence-corrected chi connectivity index (χ3v) is 10.0. The van der Waals surface area contributed by atoms with E-state index in [-0.39, 0.29) is 43.2 Å². The van der Waals surface area contributed by atoms with Crippen LogP contribution < -0.4 is 10.2 Å². The number of benzene rings is 2.